The zero-order chi connectivity index (χ0) is 13.7. The van der Waals surface area contributed by atoms with Gasteiger partial charge < -0.3 is 5.32 Å². The van der Waals surface area contributed by atoms with Crippen LogP contribution in [0.1, 0.15) is 43.7 Å². The predicted molar refractivity (Wildman–Crippen MR) is 82.7 cm³/mol. The first-order valence-electron chi connectivity index (χ1n) is 7.37. The van der Waals surface area contributed by atoms with Crippen molar-refractivity contribution < 1.29 is 4.21 Å². The van der Waals surface area contributed by atoms with Crippen molar-refractivity contribution in [2.45, 2.75) is 56.6 Å². The zero-order valence-corrected chi connectivity index (χ0v) is 12.8. The summed E-state index contributed by atoms with van der Waals surface area (Å²) in [6, 6.07) is 8.75. The molecule has 1 aliphatic rings. The Morgan fingerprint density at radius 2 is 2.00 bits per heavy atom. The maximum atomic E-state index is 12.7. The summed E-state index contributed by atoms with van der Waals surface area (Å²) < 4.78 is 12.7. The molecule has 1 saturated carbocycles. The second-order valence-electron chi connectivity index (χ2n) is 5.44. The van der Waals surface area contributed by atoms with E-state index in [1.54, 1.807) is 0 Å². The SMILES string of the molecule is CCNC1CCCCC1S(=O)Cc1ccccc1C. The van der Waals surface area contributed by atoms with Gasteiger partial charge in [0.15, 0.2) is 0 Å². The third-order valence-electron chi connectivity index (χ3n) is 4.07. The van der Waals surface area contributed by atoms with E-state index in [9.17, 15) is 4.21 Å². The lowest BCUT2D eigenvalue weighted by atomic mass is 9.95. The van der Waals surface area contributed by atoms with E-state index in [4.69, 9.17) is 0 Å². The fraction of sp³-hybridized carbons (Fsp3) is 0.625. The maximum Gasteiger partial charge on any atom is 0.0504 e. The standard InChI is InChI=1S/C16H25NOS/c1-3-17-15-10-6-7-11-16(15)19(18)12-14-9-5-4-8-13(14)2/h4-5,8-9,15-17H,3,6-7,10-12H2,1-2H3. The molecule has 1 fully saturated rings. The van der Waals surface area contributed by atoms with Crippen molar-refractivity contribution in [3.63, 3.8) is 0 Å². The van der Waals surface area contributed by atoms with Crippen molar-refractivity contribution in [1.29, 1.82) is 0 Å². The number of benzene rings is 1. The van der Waals surface area contributed by atoms with Gasteiger partial charge in [-0.1, -0.05) is 44.0 Å². The molecule has 1 aliphatic carbocycles. The molecule has 1 N–H and O–H groups in total. The van der Waals surface area contributed by atoms with Crippen molar-refractivity contribution >= 4 is 10.8 Å². The Morgan fingerprint density at radius 3 is 2.74 bits per heavy atom. The van der Waals surface area contributed by atoms with Crippen LogP contribution < -0.4 is 5.32 Å². The number of nitrogens with one attached hydrogen (secondary N) is 1. The summed E-state index contributed by atoms with van der Waals surface area (Å²) in [6.45, 7) is 5.22. The van der Waals surface area contributed by atoms with E-state index in [2.05, 4.69) is 31.3 Å². The highest BCUT2D eigenvalue weighted by molar-refractivity contribution is 7.84. The van der Waals surface area contributed by atoms with Crippen molar-refractivity contribution in [2.24, 2.45) is 0 Å². The van der Waals surface area contributed by atoms with Crippen LogP contribution >= 0.6 is 0 Å². The lowest BCUT2D eigenvalue weighted by molar-refractivity contribution is 0.385. The molecule has 0 aliphatic heterocycles. The van der Waals surface area contributed by atoms with Crippen molar-refractivity contribution in [3.8, 4) is 0 Å². The van der Waals surface area contributed by atoms with Gasteiger partial charge in [0.2, 0.25) is 0 Å². The molecule has 0 radical (unpaired) electrons. The van der Waals surface area contributed by atoms with Crippen LogP contribution in [-0.4, -0.2) is 22.0 Å². The molecule has 2 rings (SSSR count). The minimum atomic E-state index is -0.762. The summed E-state index contributed by atoms with van der Waals surface area (Å²) >= 11 is 0. The van der Waals surface area contributed by atoms with E-state index < -0.39 is 10.8 Å². The summed E-state index contributed by atoms with van der Waals surface area (Å²) in [5.74, 6) is 0.708. The minimum Gasteiger partial charge on any atom is -0.313 e. The molecule has 3 atom stereocenters. The highest BCUT2D eigenvalue weighted by Crippen LogP contribution is 2.25. The summed E-state index contributed by atoms with van der Waals surface area (Å²) in [7, 11) is -0.762. The van der Waals surface area contributed by atoms with E-state index in [1.807, 2.05) is 12.1 Å². The largest absolute Gasteiger partial charge is 0.313 e. The first-order chi connectivity index (χ1) is 9.22. The molecule has 3 unspecified atom stereocenters. The molecule has 0 spiro atoms. The Balaban J connectivity index is 2.03. The van der Waals surface area contributed by atoms with E-state index in [1.165, 1.54) is 30.4 Å². The Labute approximate surface area is 119 Å². The summed E-state index contributed by atoms with van der Waals surface area (Å²) in [5, 5.41) is 3.85. The third-order valence-corrected chi connectivity index (χ3v) is 5.90. The topological polar surface area (TPSA) is 29.1 Å². The fourth-order valence-corrected chi connectivity index (χ4v) is 4.81. The van der Waals surface area contributed by atoms with Crippen LogP contribution in [0, 0.1) is 6.92 Å². The molecule has 1 aromatic rings. The monoisotopic (exact) mass is 279 g/mol. The molecule has 106 valence electrons. The molecule has 0 bridgehead atoms. The zero-order valence-electron chi connectivity index (χ0n) is 12.0. The maximum absolute atomic E-state index is 12.7. The molecule has 2 nitrogen and oxygen atoms in total. The quantitative estimate of drug-likeness (QED) is 0.897. The highest BCUT2D eigenvalue weighted by atomic mass is 32.2. The number of hydrogen-bond donors (Lipinski definition) is 1. The van der Waals surface area contributed by atoms with Gasteiger partial charge in [0, 0.05) is 22.6 Å². The summed E-state index contributed by atoms with van der Waals surface area (Å²) in [5.41, 5.74) is 2.49. The Morgan fingerprint density at radius 1 is 1.26 bits per heavy atom. The molecule has 0 heterocycles. The van der Waals surface area contributed by atoms with Gasteiger partial charge in [-0.15, -0.1) is 0 Å². The van der Waals surface area contributed by atoms with Crippen molar-refractivity contribution in [1.82, 2.24) is 5.32 Å². The van der Waals surface area contributed by atoms with Gasteiger partial charge in [0.05, 0.1) is 5.25 Å². The average Bonchev–Trinajstić information content (AvgIpc) is 2.42. The average molecular weight is 279 g/mol. The van der Waals surface area contributed by atoms with Crippen molar-refractivity contribution in [3.05, 3.63) is 35.4 Å². The van der Waals surface area contributed by atoms with Crippen LogP contribution in [0.25, 0.3) is 0 Å². The second kappa shape index (κ2) is 7.20. The van der Waals surface area contributed by atoms with Gasteiger partial charge in [-0.05, 0) is 37.4 Å². The van der Waals surface area contributed by atoms with Crippen LogP contribution in [0.2, 0.25) is 0 Å². The number of hydrogen-bond acceptors (Lipinski definition) is 2. The van der Waals surface area contributed by atoms with Gasteiger partial charge in [-0.2, -0.15) is 0 Å². The van der Waals surface area contributed by atoms with Crippen LogP contribution in [0.15, 0.2) is 24.3 Å². The Bertz CT molecular complexity index is 431. The molecule has 19 heavy (non-hydrogen) atoms. The lowest BCUT2D eigenvalue weighted by Crippen LogP contribution is -2.44. The molecule has 0 aromatic heterocycles. The van der Waals surface area contributed by atoms with Crippen LogP contribution in [0.3, 0.4) is 0 Å². The number of aryl methyl sites for hydroxylation is 1. The third kappa shape index (κ3) is 3.90. The van der Waals surface area contributed by atoms with Gasteiger partial charge in [-0.25, -0.2) is 0 Å². The highest BCUT2D eigenvalue weighted by Gasteiger charge is 2.29. The fourth-order valence-electron chi connectivity index (χ4n) is 2.94. The Hall–Kier alpha value is -0.670. The molecule has 3 heteroatoms. The Kier molecular flexibility index (Phi) is 5.59. The summed E-state index contributed by atoms with van der Waals surface area (Å²) in [6.07, 6.45) is 4.79. The predicted octanol–water partition coefficient (Wildman–Crippen LogP) is 3.16. The van der Waals surface area contributed by atoms with Gasteiger partial charge in [0.1, 0.15) is 0 Å². The molecular weight excluding hydrogens is 254 g/mol. The van der Waals surface area contributed by atoms with Gasteiger partial charge in [0.25, 0.3) is 0 Å². The second-order valence-corrected chi connectivity index (χ2v) is 7.09. The van der Waals surface area contributed by atoms with Crippen molar-refractivity contribution in [2.75, 3.05) is 6.54 Å². The van der Waals surface area contributed by atoms with E-state index in [-0.39, 0.29) is 0 Å². The van der Waals surface area contributed by atoms with Gasteiger partial charge in [-0.3, -0.25) is 4.21 Å². The van der Waals surface area contributed by atoms with Crippen LogP contribution in [0.5, 0.6) is 0 Å². The van der Waals surface area contributed by atoms with Crippen LogP contribution in [-0.2, 0) is 16.6 Å². The van der Waals surface area contributed by atoms with E-state index >= 15 is 0 Å². The minimum absolute atomic E-state index is 0.327. The summed E-state index contributed by atoms with van der Waals surface area (Å²) in [4.78, 5) is 0. The van der Waals surface area contributed by atoms with Gasteiger partial charge >= 0.3 is 0 Å². The molecular formula is C16H25NOS. The van der Waals surface area contributed by atoms with E-state index in [0.29, 0.717) is 17.0 Å². The first-order valence-corrected chi connectivity index (χ1v) is 8.75. The molecule has 0 amide bonds. The first kappa shape index (κ1) is 14.7. The number of rotatable bonds is 5. The normalized spacial score (nSPS) is 25.2. The lowest BCUT2D eigenvalue weighted by Gasteiger charge is -2.31. The van der Waals surface area contributed by atoms with Crippen LogP contribution in [0.4, 0.5) is 0 Å². The molecule has 0 saturated heterocycles. The molecule has 1 aromatic carbocycles. The smallest absolute Gasteiger partial charge is 0.0504 e. The van der Waals surface area contributed by atoms with E-state index in [0.717, 1.165) is 13.0 Å².